The van der Waals surface area contributed by atoms with Crippen LogP contribution in [0.1, 0.15) is 53.4 Å². The molecule has 1 spiro atoms. The second kappa shape index (κ2) is 3.08. The smallest absolute Gasteiger partial charge is 0.0653 e. The first-order chi connectivity index (χ1) is 7.72. The molecular formula is C15H26O2. The van der Waals surface area contributed by atoms with Crippen molar-refractivity contribution in [2.75, 3.05) is 0 Å². The highest BCUT2D eigenvalue weighted by Gasteiger charge is 2.69. The van der Waals surface area contributed by atoms with Crippen molar-refractivity contribution in [3.05, 3.63) is 0 Å². The highest BCUT2D eigenvalue weighted by Crippen LogP contribution is 2.73. The summed E-state index contributed by atoms with van der Waals surface area (Å²) in [7, 11) is 0. The largest absolute Gasteiger partial charge is 0.393 e. The fourth-order valence-electron chi connectivity index (χ4n) is 5.82. The Balaban J connectivity index is 2.07. The van der Waals surface area contributed by atoms with E-state index in [9.17, 15) is 10.2 Å². The Kier molecular flexibility index (Phi) is 2.17. The molecule has 0 aromatic heterocycles. The van der Waals surface area contributed by atoms with Crippen molar-refractivity contribution in [3.8, 4) is 0 Å². The van der Waals surface area contributed by atoms with E-state index in [1.165, 1.54) is 0 Å². The van der Waals surface area contributed by atoms with Crippen molar-refractivity contribution in [1.82, 2.24) is 0 Å². The first kappa shape index (κ1) is 12.0. The Hall–Kier alpha value is -0.0800. The average Bonchev–Trinajstić information content (AvgIpc) is 2.58. The van der Waals surface area contributed by atoms with E-state index in [0.717, 1.165) is 25.7 Å². The third-order valence-corrected chi connectivity index (χ3v) is 6.88. The van der Waals surface area contributed by atoms with E-state index in [0.29, 0.717) is 23.2 Å². The summed E-state index contributed by atoms with van der Waals surface area (Å²) in [6.45, 7) is 8.88. The van der Waals surface area contributed by atoms with Crippen LogP contribution in [0.2, 0.25) is 0 Å². The molecule has 3 rings (SSSR count). The van der Waals surface area contributed by atoms with Crippen LogP contribution < -0.4 is 0 Å². The Bertz CT molecular complexity index is 347. The lowest BCUT2D eigenvalue weighted by molar-refractivity contribution is -0.0790. The summed E-state index contributed by atoms with van der Waals surface area (Å²) in [6.07, 6.45) is 3.96. The summed E-state index contributed by atoms with van der Waals surface area (Å²) in [6, 6.07) is 0. The summed E-state index contributed by atoms with van der Waals surface area (Å²) in [5, 5.41) is 20.8. The quantitative estimate of drug-likeness (QED) is 0.681. The van der Waals surface area contributed by atoms with Crippen LogP contribution in [0.15, 0.2) is 0 Å². The molecule has 3 aliphatic carbocycles. The maximum atomic E-state index is 10.6. The van der Waals surface area contributed by atoms with Crippen LogP contribution >= 0.6 is 0 Å². The molecule has 0 radical (unpaired) electrons. The maximum absolute atomic E-state index is 10.6. The van der Waals surface area contributed by atoms with Gasteiger partial charge in [-0.1, -0.05) is 20.8 Å². The maximum Gasteiger partial charge on any atom is 0.0653 e. The van der Waals surface area contributed by atoms with Crippen LogP contribution in [-0.4, -0.2) is 21.9 Å². The fraction of sp³-hybridized carbons (Fsp3) is 1.00. The Morgan fingerprint density at radius 1 is 1.06 bits per heavy atom. The van der Waals surface area contributed by atoms with Crippen molar-refractivity contribution in [2.45, 2.75) is 65.1 Å². The number of fused-ring (bicyclic) bond motifs is 1. The van der Waals surface area contributed by atoms with Crippen molar-refractivity contribution in [2.24, 2.45) is 28.6 Å². The first-order valence-electron chi connectivity index (χ1n) is 7.12. The van der Waals surface area contributed by atoms with Crippen LogP contribution in [0.3, 0.4) is 0 Å². The van der Waals surface area contributed by atoms with Crippen molar-refractivity contribution in [3.63, 3.8) is 0 Å². The molecule has 2 heteroatoms. The molecule has 0 amide bonds. The molecule has 98 valence electrons. The molecule has 2 N–H and O–H groups in total. The predicted molar refractivity (Wildman–Crippen MR) is 67.5 cm³/mol. The Labute approximate surface area is 104 Å². The van der Waals surface area contributed by atoms with Crippen LogP contribution in [0, 0.1) is 28.6 Å². The molecule has 0 aromatic carbocycles. The topological polar surface area (TPSA) is 40.5 Å². The summed E-state index contributed by atoms with van der Waals surface area (Å²) < 4.78 is 0. The minimum absolute atomic E-state index is 0.122. The number of hydrogen-bond donors (Lipinski definition) is 2. The molecule has 0 aliphatic heterocycles. The first-order valence-corrected chi connectivity index (χ1v) is 7.12. The molecule has 3 fully saturated rings. The highest BCUT2D eigenvalue weighted by atomic mass is 16.3. The van der Waals surface area contributed by atoms with Gasteiger partial charge in [0.05, 0.1) is 11.7 Å². The zero-order valence-electron chi connectivity index (χ0n) is 11.5. The lowest BCUT2D eigenvalue weighted by atomic mass is 9.64. The van der Waals surface area contributed by atoms with Gasteiger partial charge in [-0.05, 0) is 61.2 Å². The number of rotatable bonds is 0. The van der Waals surface area contributed by atoms with Crippen molar-refractivity contribution in [1.29, 1.82) is 0 Å². The lowest BCUT2D eigenvalue weighted by Gasteiger charge is -2.44. The van der Waals surface area contributed by atoms with Crippen molar-refractivity contribution < 1.29 is 10.2 Å². The Morgan fingerprint density at radius 2 is 1.71 bits per heavy atom. The van der Waals surface area contributed by atoms with Gasteiger partial charge in [0, 0.05) is 0 Å². The highest BCUT2D eigenvalue weighted by molar-refractivity contribution is 5.18. The normalized spacial score (nSPS) is 60.4. The average molecular weight is 238 g/mol. The zero-order valence-corrected chi connectivity index (χ0v) is 11.5. The van der Waals surface area contributed by atoms with E-state index >= 15 is 0 Å². The van der Waals surface area contributed by atoms with Crippen LogP contribution in [0.5, 0.6) is 0 Å². The minimum Gasteiger partial charge on any atom is -0.393 e. The molecule has 6 atom stereocenters. The Morgan fingerprint density at radius 3 is 2.35 bits per heavy atom. The fourth-order valence-corrected chi connectivity index (χ4v) is 5.82. The molecular weight excluding hydrogens is 212 g/mol. The monoisotopic (exact) mass is 238 g/mol. The third-order valence-electron chi connectivity index (χ3n) is 6.88. The van der Waals surface area contributed by atoms with Crippen molar-refractivity contribution >= 4 is 0 Å². The summed E-state index contributed by atoms with van der Waals surface area (Å²) in [4.78, 5) is 0. The van der Waals surface area contributed by atoms with Crippen LogP contribution in [-0.2, 0) is 0 Å². The molecule has 2 bridgehead atoms. The van der Waals surface area contributed by atoms with E-state index in [1.54, 1.807) is 0 Å². The van der Waals surface area contributed by atoms with E-state index in [2.05, 4.69) is 20.8 Å². The van der Waals surface area contributed by atoms with Crippen LogP contribution in [0.4, 0.5) is 0 Å². The van der Waals surface area contributed by atoms with E-state index in [1.807, 2.05) is 6.92 Å². The van der Waals surface area contributed by atoms with Gasteiger partial charge in [-0.2, -0.15) is 0 Å². The summed E-state index contributed by atoms with van der Waals surface area (Å²) in [5.41, 5.74) is -0.00861. The second-order valence-corrected chi connectivity index (χ2v) is 7.81. The standard InChI is InChI=1S/C15H26O2/c1-9-10(16)7-11-13(2,3)12-8-15(9,11)6-5-14(12,4)17/h9-12,16-17H,5-8H2,1-4H3/t9-,10+,11+,12-,14-,15+/m1/s1. The number of hydrogen-bond acceptors (Lipinski definition) is 2. The molecule has 0 saturated heterocycles. The van der Waals surface area contributed by atoms with Gasteiger partial charge in [0.15, 0.2) is 0 Å². The SMILES string of the molecule is C[C@@H]1[C@@H](O)C[C@H]2C(C)(C)[C@H]3C[C@@]12CC[C@@]3(C)O. The van der Waals surface area contributed by atoms with Gasteiger partial charge in [-0.15, -0.1) is 0 Å². The number of aliphatic hydroxyl groups is 2. The van der Waals surface area contributed by atoms with Gasteiger partial charge >= 0.3 is 0 Å². The molecule has 0 heterocycles. The summed E-state index contributed by atoms with van der Waals surface area (Å²) >= 11 is 0. The summed E-state index contributed by atoms with van der Waals surface area (Å²) in [5.74, 6) is 1.41. The zero-order chi connectivity index (χ0) is 12.6. The van der Waals surface area contributed by atoms with Crippen LogP contribution in [0.25, 0.3) is 0 Å². The van der Waals surface area contributed by atoms with Gasteiger partial charge in [0.25, 0.3) is 0 Å². The lowest BCUT2D eigenvalue weighted by Crippen LogP contribution is -2.45. The van der Waals surface area contributed by atoms with E-state index in [-0.39, 0.29) is 11.5 Å². The molecule has 2 nitrogen and oxygen atoms in total. The predicted octanol–water partition coefficient (Wildman–Crippen LogP) is 2.58. The van der Waals surface area contributed by atoms with Gasteiger partial charge in [-0.3, -0.25) is 0 Å². The van der Waals surface area contributed by atoms with Gasteiger partial charge < -0.3 is 10.2 Å². The van der Waals surface area contributed by atoms with Gasteiger partial charge in [0.1, 0.15) is 0 Å². The molecule has 17 heavy (non-hydrogen) atoms. The molecule has 3 saturated carbocycles. The molecule has 0 aromatic rings. The third kappa shape index (κ3) is 1.24. The molecule has 0 unspecified atom stereocenters. The van der Waals surface area contributed by atoms with Gasteiger partial charge in [0.2, 0.25) is 0 Å². The van der Waals surface area contributed by atoms with E-state index in [4.69, 9.17) is 0 Å². The molecule has 3 aliphatic rings. The second-order valence-electron chi connectivity index (χ2n) is 7.81. The minimum atomic E-state index is -0.496. The van der Waals surface area contributed by atoms with Gasteiger partial charge in [-0.25, -0.2) is 0 Å². The number of aliphatic hydroxyl groups excluding tert-OH is 1. The van der Waals surface area contributed by atoms with E-state index < -0.39 is 5.60 Å².